The third kappa shape index (κ3) is 4.59. The van der Waals surface area contributed by atoms with Crippen molar-refractivity contribution in [2.45, 2.75) is 17.9 Å². The van der Waals surface area contributed by atoms with Gasteiger partial charge >= 0.3 is 0 Å². The van der Waals surface area contributed by atoms with Gasteiger partial charge in [0.2, 0.25) is 11.8 Å². The van der Waals surface area contributed by atoms with Crippen LogP contribution in [0.4, 0.5) is 4.39 Å². The molecule has 0 bridgehead atoms. The Kier molecular flexibility index (Phi) is 6.83. The van der Waals surface area contributed by atoms with E-state index in [1.54, 1.807) is 12.1 Å². The minimum absolute atomic E-state index is 0.0767. The SMILES string of the molecule is NC(=O)[C@@H](Cc1cccc(F)c1)NC(=O)C(c1ccccc1)(c1ccccc1)c1ccccc1. The highest BCUT2D eigenvalue weighted by Gasteiger charge is 2.44. The number of hydrogen-bond acceptors (Lipinski definition) is 2. The molecule has 4 aromatic rings. The molecule has 0 spiro atoms. The second kappa shape index (κ2) is 10.1. The largest absolute Gasteiger partial charge is 0.368 e. The number of primary amides is 1. The standard InChI is InChI=1S/C29H25FN2O2/c30-25-18-10-11-21(19-25)20-26(27(31)33)32-28(34)29(22-12-4-1-5-13-22,23-14-6-2-7-15-23)24-16-8-3-9-17-24/h1-19,26H,20H2,(H2,31,33)(H,32,34)/t26-/m1/s1. The van der Waals surface area contributed by atoms with Gasteiger partial charge in [0, 0.05) is 6.42 Å². The minimum Gasteiger partial charge on any atom is -0.368 e. The smallest absolute Gasteiger partial charge is 0.240 e. The summed E-state index contributed by atoms with van der Waals surface area (Å²) in [7, 11) is 0. The molecule has 0 aliphatic carbocycles. The lowest BCUT2D eigenvalue weighted by Crippen LogP contribution is -2.54. The molecule has 5 heteroatoms. The highest BCUT2D eigenvalue weighted by atomic mass is 19.1. The second-order valence-electron chi connectivity index (χ2n) is 8.11. The van der Waals surface area contributed by atoms with E-state index < -0.39 is 29.1 Å². The number of carbonyl (C=O) groups excluding carboxylic acids is 2. The van der Waals surface area contributed by atoms with E-state index in [1.807, 2.05) is 91.0 Å². The molecule has 0 fully saturated rings. The number of amides is 2. The number of rotatable bonds is 8. The summed E-state index contributed by atoms with van der Waals surface area (Å²) in [6.07, 6.45) is 0.0767. The number of nitrogens with two attached hydrogens (primary N) is 1. The van der Waals surface area contributed by atoms with Gasteiger partial charge in [0.1, 0.15) is 17.3 Å². The van der Waals surface area contributed by atoms with E-state index in [2.05, 4.69) is 5.32 Å². The van der Waals surface area contributed by atoms with Crippen LogP contribution < -0.4 is 11.1 Å². The van der Waals surface area contributed by atoms with Crippen molar-refractivity contribution in [3.05, 3.63) is 143 Å². The third-order valence-corrected chi connectivity index (χ3v) is 5.94. The van der Waals surface area contributed by atoms with Crippen molar-refractivity contribution in [3.8, 4) is 0 Å². The van der Waals surface area contributed by atoms with Crippen molar-refractivity contribution in [2.24, 2.45) is 5.73 Å². The van der Waals surface area contributed by atoms with E-state index in [4.69, 9.17) is 5.73 Å². The van der Waals surface area contributed by atoms with Crippen LogP contribution in [0.25, 0.3) is 0 Å². The molecule has 170 valence electrons. The molecule has 0 unspecified atom stereocenters. The Bertz CT molecular complexity index is 1160. The summed E-state index contributed by atoms with van der Waals surface area (Å²) in [6.45, 7) is 0. The average molecular weight is 453 g/mol. The third-order valence-electron chi connectivity index (χ3n) is 5.94. The zero-order chi connectivity index (χ0) is 24.0. The summed E-state index contributed by atoms with van der Waals surface area (Å²) >= 11 is 0. The van der Waals surface area contributed by atoms with Crippen LogP contribution in [-0.2, 0) is 21.4 Å². The first kappa shape index (κ1) is 22.9. The predicted molar refractivity (Wildman–Crippen MR) is 130 cm³/mol. The Balaban J connectivity index is 1.84. The molecule has 0 radical (unpaired) electrons. The maximum atomic E-state index is 14.2. The molecule has 2 amide bonds. The lowest BCUT2D eigenvalue weighted by atomic mass is 9.68. The van der Waals surface area contributed by atoms with Gasteiger partial charge < -0.3 is 11.1 Å². The van der Waals surface area contributed by atoms with Crippen LogP contribution in [0.1, 0.15) is 22.3 Å². The fourth-order valence-electron chi connectivity index (χ4n) is 4.35. The number of halogens is 1. The van der Waals surface area contributed by atoms with E-state index in [0.717, 1.165) is 16.7 Å². The zero-order valence-corrected chi connectivity index (χ0v) is 18.5. The van der Waals surface area contributed by atoms with Gasteiger partial charge in [-0.2, -0.15) is 0 Å². The van der Waals surface area contributed by atoms with Crippen LogP contribution in [0, 0.1) is 5.82 Å². The summed E-state index contributed by atoms with van der Waals surface area (Å²) in [5.74, 6) is -1.50. The number of nitrogens with one attached hydrogen (secondary N) is 1. The van der Waals surface area contributed by atoms with E-state index in [0.29, 0.717) is 5.56 Å². The summed E-state index contributed by atoms with van der Waals surface area (Å²) < 4.78 is 13.7. The van der Waals surface area contributed by atoms with Crippen LogP contribution in [0.15, 0.2) is 115 Å². The molecule has 0 aromatic heterocycles. The Hall–Kier alpha value is -4.25. The van der Waals surface area contributed by atoms with Crippen LogP contribution in [-0.4, -0.2) is 17.9 Å². The van der Waals surface area contributed by atoms with Crippen LogP contribution in [0.3, 0.4) is 0 Å². The maximum absolute atomic E-state index is 14.2. The van der Waals surface area contributed by atoms with Crippen molar-refractivity contribution < 1.29 is 14.0 Å². The van der Waals surface area contributed by atoms with Crippen LogP contribution in [0.2, 0.25) is 0 Å². The van der Waals surface area contributed by atoms with Crippen molar-refractivity contribution in [1.82, 2.24) is 5.32 Å². The first-order chi connectivity index (χ1) is 16.5. The van der Waals surface area contributed by atoms with Crippen LogP contribution >= 0.6 is 0 Å². The Morgan fingerprint density at radius 3 is 1.62 bits per heavy atom. The fraction of sp³-hybridized carbons (Fsp3) is 0.103. The molecule has 4 rings (SSSR count). The van der Waals surface area contributed by atoms with Gasteiger partial charge in [0.25, 0.3) is 0 Å². The Labute approximate surface area is 198 Å². The van der Waals surface area contributed by atoms with Crippen molar-refractivity contribution in [1.29, 1.82) is 0 Å². The van der Waals surface area contributed by atoms with Gasteiger partial charge in [0.05, 0.1) is 0 Å². The molecule has 34 heavy (non-hydrogen) atoms. The first-order valence-corrected chi connectivity index (χ1v) is 11.0. The van der Waals surface area contributed by atoms with Gasteiger partial charge in [0.15, 0.2) is 0 Å². The molecular weight excluding hydrogens is 427 g/mol. The molecular formula is C29H25FN2O2. The van der Waals surface area contributed by atoms with Gasteiger partial charge in [-0.05, 0) is 34.4 Å². The van der Waals surface area contributed by atoms with Crippen molar-refractivity contribution in [2.75, 3.05) is 0 Å². The maximum Gasteiger partial charge on any atom is 0.240 e. The Morgan fingerprint density at radius 2 is 1.21 bits per heavy atom. The molecule has 0 aliphatic heterocycles. The summed E-state index contributed by atoms with van der Waals surface area (Å²) in [6, 6.07) is 33.2. The average Bonchev–Trinajstić information content (AvgIpc) is 2.86. The topological polar surface area (TPSA) is 72.2 Å². The minimum atomic E-state index is -1.24. The highest BCUT2D eigenvalue weighted by molar-refractivity contribution is 5.98. The van der Waals surface area contributed by atoms with E-state index in [1.165, 1.54) is 12.1 Å². The molecule has 3 N–H and O–H groups in total. The summed E-state index contributed by atoms with van der Waals surface area (Å²) in [5, 5.41) is 2.88. The zero-order valence-electron chi connectivity index (χ0n) is 18.5. The Morgan fingerprint density at radius 1 is 0.735 bits per heavy atom. The monoisotopic (exact) mass is 452 g/mol. The normalized spacial score (nSPS) is 12.0. The highest BCUT2D eigenvalue weighted by Crippen LogP contribution is 2.39. The number of carbonyl (C=O) groups is 2. The molecule has 0 aliphatic rings. The molecule has 4 aromatic carbocycles. The van der Waals surface area contributed by atoms with Gasteiger partial charge in [-0.1, -0.05) is 103 Å². The van der Waals surface area contributed by atoms with Gasteiger partial charge in [-0.25, -0.2) is 4.39 Å². The molecule has 4 nitrogen and oxygen atoms in total. The number of hydrogen-bond donors (Lipinski definition) is 2. The molecule has 0 heterocycles. The first-order valence-electron chi connectivity index (χ1n) is 11.0. The van der Waals surface area contributed by atoms with E-state index in [9.17, 15) is 14.0 Å². The van der Waals surface area contributed by atoms with Gasteiger partial charge in [-0.3, -0.25) is 9.59 Å². The molecule has 0 saturated carbocycles. The van der Waals surface area contributed by atoms with Gasteiger partial charge in [-0.15, -0.1) is 0 Å². The quantitative estimate of drug-likeness (QED) is 0.390. The molecule has 1 atom stereocenters. The second-order valence-corrected chi connectivity index (χ2v) is 8.11. The van der Waals surface area contributed by atoms with Crippen LogP contribution in [0.5, 0.6) is 0 Å². The van der Waals surface area contributed by atoms with Crippen molar-refractivity contribution >= 4 is 11.8 Å². The van der Waals surface area contributed by atoms with E-state index in [-0.39, 0.29) is 6.42 Å². The molecule has 0 saturated heterocycles. The summed E-state index contributed by atoms with van der Waals surface area (Å²) in [5.41, 5.74) is 7.26. The summed E-state index contributed by atoms with van der Waals surface area (Å²) in [4.78, 5) is 26.6. The number of benzene rings is 4. The van der Waals surface area contributed by atoms with Crippen molar-refractivity contribution in [3.63, 3.8) is 0 Å². The predicted octanol–water partition coefficient (Wildman–Crippen LogP) is 4.37. The van der Waals surface area contributed by atoms with E-state index >= 15 is 0 Å². The fourth-order valence-corrected chi connectivity index (χ4v) is 4.35. The lowest BCUT2D eigenvalue weighted by molar-refractivity contribution is -0.129. The lowest BCUT2D eigenvalue weighted by Gasteiger charge is -2.35.